The first kappa shape index (κ1) is 16.5. The van der Waals surface area contributed by atoms with E-state index in [4.69, 9.17) is 4.74 Å². The van der Waals surface area contributed by atoms with Gasteiger partial charge in [0.1, 0.15) is 11.4 Å². The zero-order valence-corrected chi connectivity index (χ0v) is 15.1. The lowest BCUT2D eigenvalue weighted by Gasteiger charge is -2.40. The highest BCUT2D eigenvalue weighted by Crippen LogP contribution is 2.44. The van der Waals surface area contributed by atoms with Crippen LogP contribution in [0.1, 0.15) is 25.5 Å². The van der Waals surface area contributed by atoms with E-state index < -0.39 is 21.5 Å². The second kappa shape index (κ2) is 5.61. The Morgan fingerprint density at radius 1 is 1.09 bits per heavy atom. The van der Waals surface area contributed by atoms with Gasteiger partial charge in [-0.2, -0.15) is 0 Å². The molecule has 1 aliphatic rings. The fourth-order valence-corrected chi connectivity index (χ4v) is 4.33. The first-order valence-electron chi connectivity index (χ1n) is 7.19. The Kier molecular flexibility index (Phi) is 4.02. The number of hydrogen-bond acceptors (Lipinski definition) is 4. The van der Waals surface area contributed by atoms with Crippen molar-refractivity contribution in [3.05, 3.63) is 54.1 Å². The van der Waals surface area contributed by atoms with Gasteiger partial charge in [0.05, 0.1) is 20.7 Å². The average molecular weight is 397 g/mol. The van der Waals surface area contributed by atoms with E-state index in [-0.39, 0.29) is 14.6 Å². The van der Waals surface area contributed by atoms with E-state index in [0.717, 1.165) is 0 Å². The fourth-order valence-electron chi connectivity index (χ4n) is 2.63. The van der Waals surface area contributed by atoms with Gasteiger partial charge in [-0.05, 0) is 44.2 Å². The molecule has 1 aliphatic heterocycles. The molecule has 1 N–H and O–H groups in total. The first-order chi connectivity index (χ1) is 10.7. The topological polar surface area (TPSA) is 63.6 Å². The van der Waals surface area contributed by atoms with Gasteiger partial charge in [0, 0.05) is 5.56 Å². The molecule has 0 aliphatic carbocycles. The Balaban J connectivity index is 2.09. The van der Waals surface area contributed by atoms with Crippen molar-refractivity contribution in [1.82, 2.24) is 0 Å². The van der Waals surface area contributed by atoms with Crippen molar-refractivity contribution in [1.29, 1.82) is 0 Å². The van der Waals surface area contributed by atoms with Gasteiger partial charge in [-0.15, -0.1) is 0 Å². The van der Waals surface area contributed by atoms with E-state index in [1.807, 2.05) is 13.8 Å². The predicted octanol–water partition coefficient (Wildman–Crippen LogP) is 3.49. The number of fused-ring (bicyclic) bond motifs is 1. The highest BCUT2D eigenvalue weighted by Gasteiger charge is 2.42. The van der Waals surface area contributed by atoms with Gasteiger partial charge in [0.15, 0.2) is 0 Å². The van der Waals surface area contributed by atoms with Crippen LogP contribution in [0.4, 0.5) is 0 Å². The Morgan fingerprint density at radius 2 is 1.74 bits per heavy atom. The van der Waals surface area contributed by atoms with Gasteiger partial charge in [0.2, 0.25) is 9.84 Å². The van der Waals surface area contributed by atoms with Crippen molar-refractivity contribution in [2.24, 2.45) is 0 Å². The standard InChI is InChI=1S/C17H17BrO4S/c1-17(2)16(18)15(19)13-10-12(8-9-14(13)22-17)23(20,21)11-6-4-3-5-7-11/h3-10,15-16,19H,1-2H3/t15-,16+/m1/s1. The second-order valence-electron chi connectivity index (χ2n) is 6.07. The Labute approximate surface area is 144 Å². The quantitative estimate of drug-likeness (QED) is 0.789. The molecule has 0 saturated carbocycles. The van der Waals surface area contributed by atoms with Crippen LogP contribution < -0.4 is 4.74 Å². The van der Waals surface area contributed by atoms with Crippen molar-refractivity contribution in [2.75, 3.05) is 0 Å². The number of halogens is 1. The summed E-state index contributed by atoms with van der Waals surface area (Å²) in [6.07, 6.45) is -0.848. The largest absolute Gasteiger partial charge is 0.486 e. The molecule has 2 aromatic rings. The highest BCUT2D eigenvalue weighted by atomic mass is 79.9. The van der Waals surface area contributed by atoms with Crippen LogP contribution in [0.2, 0.25) is 0 Å². The minimum atomic E-state index is -3.62. The van der Waals surface area contributed by atoms with Crippen molar-refractivity contribution in [3.8, 4) is 5.75 Å². The number of alkyl halides is 1. The van der Waals surface area contributed by atoms with Crippen LogP contribution in [0.15, 0.2) is 58.3 Å². The predicted molar refractivity (Wildman–Crippen MR) is 90.7 cm³/mol. The molecular weight excluding hydrogens is 380 g/mol. The summed E-state index contributed by atoms with van der Waals surface area (Å²) in [7, 11) is -3.62. The van der Waals surface area contributed by atoms with Gasteiger partial charge in [-0.1, -0.05) is 34.1 Å². The lowest BCUT2D eigenvalue weighted by atomic mass is 9.91. The van der Waals surface area contributed by atoms with Gasteiger partial charge in [-0.25, -0.2) is 8.42 Å². The summed E-state index contributed by atoms with van der Waals surface area (Å²) in [5.74, 6) is 0.505. The van der Waals surface area contributed by atoms with Gasteiger partial charge in [-0.3, -0.25) is 0 Å². The molecule has 2 aromatic carbocycles. The molecule has 23 heavy (non-hydrogen) atoms. The molecular formula is C17H17BrO4S. The monoisotopic (exact) mass is 396 g/mol. The third kappa shape index (κ3) is 2.79. The highest BCUT2D eigenvalue weighted by molar-refractivity contribution is 9.09. The number of aliphatic hydroxyl groups excluding tert-OH is 1. The molecule has 0 saturated heterocycles. The van der Waals surface area contributed by atoms with E-state index >= 15 is 0 Å². The van der Waals surface area contributed by atoms with Crippen LogP contribution >= 0.6 is 15.9 Å². The number of benzene rings is 2. The second-order valence-corrected chi connectivity index (χ2v) is 9.00. The third-order valence-electron chi connectivity index (χ3n) is 3.98. The van der Waals surface area contributed by atoms with E-state index in [9.17, 15) is 13.5 Å². The molecule has 3 rings (SSSR count). The van der Waals surface area contributed by atoms with Crippen LogP contribution in [-0.4, -0.2) is 24.0 Å². The summed E-state index contributed by atoms with van der Waals surface area (Å²) in [6.45, 7) is 3.74. The number of aliphatic hydroxyl groups is 1. The zero-order chi connectivity index (χ0) is 16.8. The molecule has 0 radical (unpaired) electrons. The summed E-state index contributed by atoms with van der Waals surface area (Å²) in [5.41, 5.74) is -0.116. The van der Waals surface area contributed by atoms with Crippen molar-refractivity contribution in [2.45, 2.75) is 40.2 Å². The number of sulfone groups is 1. The Hall–Kier alpha value is -1.37. The van der Waals surface area contributed by atoms with Crippen LogP contribution in [-0.2, 0) is 9.84 Å². The van der Waals surface area contributed by atoms with E-state index in [1.165, 1.54) is 12.1 Å². The SMILES string of the molecule is CC1(C)Oc2ccc(S(=O)(=O)c3ccccc3)cc2[C@@H](O)[C@@H]1Br. The molecule has 6 heteroatoms. The smallest absolute Gasteiger partial charge is 0.206 e. The van der Waals surface area contributed by atoms with Gasteiger partial charge < -0.3 is 9.84 Å². The number of rotatable bonds is 2. The van der Waals surface area contributed by atoms with Gasteiger partial charge in [0.25, 0.3) is 0 Å². The summed E-state index contributed by atoms with van der Waals surface area (Å²) in [5, 5.41) is 10.5. The summed E-state index contributed by atoms with van der Waals surface area (Å²) in [4.78, 5) is 0.0311. The molecule has 4 nitrogen and oxygen atoms in total. The zero-order valence-electron chi connectivity index (χ0n) is 12.7. The average Bonchev–Trinajstić information content (AvgIpc) is 2.53. The van der Waals surface area contributed by atoms with Crippen LogP contribution in [0.5, 0.6) is 5.75 Å². The van der Waals surface area contributed by atoms with Crippen LogP contribution in [0.3, 0.4) is 0 Å². The Bertz CT molecular complexity index is 831. The minimum Gasteiger partial charge on any atom is -0.486 e. The molecule has 0 bridgehead atoms. The normalized spacial score (nSPS) is 23.0. The van der Waals surface area contributed by atoms with Crippen molar-refractivity contribution in [3.63, 3.8) is 0 Å². The molecule has 0 aromatic heterocycles. The Morgan fingerprint density at radius 3 is 2.39 bits per heavy atom. The molecule has 0 spiro atoms. The lowest BCUT2D eigenvalue weighted by molar-refractivity contribution is 0.0223. The maximum absolute atomic E-state index is 12.7. The lowest BCUT2D eigenvalue weighted by Crippen LogP contribution is -2.45. The maximum atomic E-state index is 12.7. The van der Waals surface area contributed by atoms with E-state index in [0.29, 0.717) is 11.3 Å². The van der Waals surface area contributed by atoms with E-state index in [2.05, 4.69) is 15.9 Å². The number of hydrogen-bond donors (Lipinski definition) is 1. The van der Waals surface area contributed by atoms with Crippen LogP contribution in [0.25, 0.3) is 0 Å². The van der Waals surface area contributed by atoms with Crippen molar-refractivity contribution < 1.29 is 18.3 Å². The van der Waals surface area contributed by atoms with Gasteiger partial charge >= 0.3 is 0 Å². The summed E-state index contributed by atoms with van der Waals surface area (Å²) < 4.78 is 31.3. The molecule has 2 atom stereocenters. The van der Waals surface area contributed by atoms with E-state index in [1.54, 1.807) is 36.4 Å². The molecule has 122 valence electrons. The fraction of sp³-hybridized carbons (Fsp3) is 0.294. The minimum absolute atomic E-state index is 0.143. The summed E-state index contributed by atoms with van der Waals surface area (Å²) >= 11 is 3.44. The molecule has 1 heterocycles. The summed E-state index contributed by atoms with van der Waals surface area (Å²) in [6, 6.07) is 12.8. The number of ether oxygens (including phenoxy) is 1. The molecule has 0 amide bonds. The molecule has 0 unspecified atom stereocenters. The third-order valence-corrected chi connectivity index (χ3v) is 7.35. The maximum Gasteiger partial charge on any atom is 0.206 e. The first-order valence-corrected chi connectivity index (χ1v) is 9.58. The van der Waals surface area contributed by atoms with Crippen molar-refractivity contribution >= 4 is 25.8 Å². The molecule has 0 fully saturated rings. The van der Waals surface area contributed by atoms with Crippen LogP contribution in [0, 0.1) is 0 Å².